The molecular formula is C20H20FN3OS. The molecular weight excluding hydrogens is 349 g/mol. The summed E-state index contributed by atoms with van der Waals surface area (Å²) in [4.78, 5) is 14.5. The zero-order chi connectivity index (χ0) is 18.5. The molecule has 26 heavy (non-hydrogen) atoms. The second-order valence-corrected chi connectivity index (χ2v) is 7.04. The summed E-state index contributed by atoms with van der Waals surface area (Å²) in [5, 5.41) is 9.77. The number of unbranched alkanes of at least 4 members (excludes halogenated alkanes) is 1. The van der Waals surface area contributed by atoms with Crippen molar-refractivity contribution in [2.45, 2.75) is 26.7 Å². The van der Waals surface area contributed by atoms with Crippen molar-refractivity contribution >= 4 is 22.4 Å². The van der Waals surface area contributed by atoms with Gasteiger partial charge in [0.15, 0.2) is 0 Å². The average Bonchev–Trinajstić information content (AvgIpc) is 3.12. The van der Waals surface area contributed by atoms with Crippen molar-refractivity contribution in [1.29, 1.82) is 0 Å². The Morgan fingerprint density at radius 3 is 2.69 bits per heavy atom. The highest BCUT2D eigenvalue weighted by Gasteiger charge is 2.22. The molecule has 0 atom stereocenters. The van der Waals surface area contributed by atoms with E-state index in [1.165, 1.54) is 23.5 Å². The van der Waals surface area contributed by atoms with Gasteiger partial charge in [-0.1, -0.05) is 54.5 Å². The van der Waals surface area contributed by atoms with E-state index in [4.69, 9.17) is 0 Å². The summed E-state index contributed by atoms with van der Waals surface area (Å²) in [6.07, 6.45) is 1.77. The smallest absolute Gasteiger partial charge is 0.260 e. The van der Waals surface area contributed by atoms with Crippen LogP contribution >= 0.6 is 11.3 Å². The maximum atomic E-state index is 13.5. The van der Waals surface area contributed by atoms with Gasteiger partial charge in [-0.05, 0) is 37.6 Å². The maximum absolute atomic E-state index is 13.5. The first-order valence-electron chi connectivity index (χ1n) is 8.56. The first-order valence-corrected chi connectivity index (χ1v) is 9.38. The van der Waals surface area contributed by atoms with Gasteiger partial charge in [-0.2, -0.15) is 0 Å². The summed E-state index contributed by atoms with van der Waals surface area (Å²) >= 11 is 1.37. The van der Waals surface area contributed by atoms with Gasteiger partial charge in [0.25, 0.3) is 5.91 Å². The van der Waals surface area contributed by atoms with E-state index in [9.17, 15) is 9.18 Å². The third-order valence-corrected chi connectivity index (χ3v) is 4.96. The number of amides is 1. The number of hydrogen-bond donors (Lipinski definition) is 0. The molecule has 2 aromatic carbocycles. The van der Waals surface area contributed by atoms with Crippen LogP contribution in [0.5, 0.6) is 0 Å². The first kappa shape index (κ1) is 18.2. The predicted octanol–water partition coefficient (Wildman–Crippen LogP) is 5.10. The minimum absolute atomic E-state index is 0.259. The number of carbonyl (C=O) groups excluding carboxylic acids is 1. The highest BCUT2D eigenvalue weighted by molar-refractivity contribution is 7.18. The van der Waals surface area contributed by atoms with Crippen LogP contribution in [0.15, 0.2) is 48.5 Å². The van der Waals surface area contributed by atoms with Crippen LogP contribution in [0.4, 0.5) is 9.52 Å². The van der Waals surface area contributed by atoms with Gasteiger partial charge in [-0.15, -0.1) is 10.2 Å². The van der Waals surface area contributed by atoms with Crippen LogP contribution in [0, 0.1) is 12.7 Å². The third-order valence-electron chi connectivity index (χ3n) is 3.96. The van der Waals surface area contributed by atoms with Gasteiger partial charge >= 0.3 is 0 Å². The molecule has 1 heterocycles. The summed E-state index contributed by atoms with van der Waals surface area (Å²) in [6.45, 7) is 4.60. The Labute approximate surface area is 156 Å². The molecule has 0 aliphatic rings. The lowest BCUT2D eigenvalue weighted by atomic mass is 10.1. The SMILES string of the molecule is CCCCN(C(=O)c1cccc(F)c1)c1nnc(-c2cccc(C)c2)s1. The first-order chi connectivity index (χ1) is 12.6. The molecule has 1 aromatic heterocycles. The number of halogens is 1. The van der Waals surface area contributed by atoms with Crippen LogP contribution in [-0.2, 0) is 0 Å². The lowest BCUT2D eigenvalue weighted by molar-refractivity contribution is 0.0986. The molecule has 0 saturated carbocycles. The fourth-order valence-corrected chi connectivity index (χ4v) is 3.46. The Morgan fingerprint density at radius 2 is 1.96 bits per heavy atom. The van der Waals surface area contributed by atoms with E-state index < -0.39 is 5.82 Å². The number of anilines is 1. The average molecular weight is 369 g/mol. The molecule has 0 saturated heterocycles. The van der Waals surface area contributed by atoms with E-state index >= 15 is 0 Å². The van der Waals surface area contributed by atoms with Crippen molar-refractivity contribution in [3.05, 3.63) is 65.5 Å². The van der Waals surface area contributed by atoms with Crippen LogP contribution < -0.4 is 4.90 Å². The fraction of sp³-hybridized carbons (Fsp3) is 0.250. The summed E-state index contributed by atoms with van der Waals surface area (Å²) in [6, 6.07) is 13.7. The second-order valence-electron chi connectivity index (χ2n) is 6.08. The molecule has 6 heteroatoms. The van der Waals surface area contributed by atoms with Crippen LogP contribution in [-0.4, -0.2) is 22.6 Å². The fourth-order valence-electron chi connectivity index (χ4n) is 2.60. The molecule has 134 valence electrons. The van der Waals surface area contributed by atoms with Gasteiger partial charge in [0.05, 0.1) is 0 Å². The molecule has 1 amide bonds. The number of benzene rings is 2. The molecule has 0 bridgehead atoms. The topological polar surface area (TPSA) is 46.1 Å². The van der Waals surface area contributed by atoms with Gasteiger partial charge in [0, 0.05) is 17.7 Å². The van der Waals surface area contributed by atoms with E-state index in [0.717, 1.165) is 29.0 Å². The quantitative estimate of drug-likeness (QED) is 0.607. The van der Waals surface area contributed by atoms with Crippen molar-refractivity contribution < 1.29 is 9.18 Å². The van der Waals surface area contributed by atoms with E-state index in [1.54, 1.807) is 17.0 Å². The number of aromatic nitrogens is 2. The number of carbonyl (C=O) groups is 1. The molecule has 0 unspecified atom stereocenters. The van der Waals surface area contributed by atoms with Crippen LogP contribution in [0.2, 0.25) is 0 Å². The summed E-state index contributed by atoms with van der Waals surface area (Å²) < 4.78 is 13.5. The Kier molecular flexibility index (Phi) is 5.73. The highest BCUT2D eigenvalue weighted by Crippen LogP contribution is 2.30. The largest absolute Gasteiger partial charge is 0.283 e. The molecule has 0 spiro atoms. The van der Waals surface area contributed by atoms with Crippen molar-refractivity contribution in [3.63, 3.8) is 0 Å². The Hall–Kier alpha value is -2.60. The standard InChI is InChI=1S/C20H20FN3OS/c1-3-4-11-24(19(25)16-9-6-10-17(21)13-16)20-23-22-18(26-20)15-8-5-7-14(2)12-15/h5-10,12-13H,3-4,11H2,1-2H3. The molecule has 3 rings (SSSR count). The summed E-state index contributed by atoms with van der Waals surface area (Å²) in [7, 11) is 0. The Bertz CT molecular complexity index is 909. The van der Waals surface area contributed by atoms with Crippen molar-refractivity contribution in [1.82, 2.24) is 10.2 Å². The van der Waals surface area contributed by atoms with E-state index in [-0.39, 0.29) is 5.91 Å². The molecule has 0 radical (unpaired) electrons. The van der Waals surface area contributed by atoms with Crippen molar-refractivity contribution in [2.24, 2.45) is 0 Å². The lowest BCUT2D eigenvalue weighted by Crippen LogP contribution is -2.32. The molecule has 0 aliphatic heterocycles. The zero-order valence-electron chi connectivity index (χ0n) is 14.8. The molecule has 0 fully saturated rings. The van der Waals surface area contributed by atoms with Crippen molar-refractivity contribution in [3.8, 4) is 10.6 Å². The van der Waals surface area contributed by atoms with Gasteiger partial charge in [-0.25, -0.2) is 4.39 Å². The molecule has 0 N–H and O–H groups in total. The monoisotopic (exact) mass is 369 g/mol. The predicted molar refractivity (Wildman–Crippen MR) is 103 cm³/mol. The minimum atomic E-state index is -0.427. The number of aryl methyl sites for hydroxylation is 1. The summed E-state index contributed by atoms with van der Waals surface area (Å²) in [5.41, 5.74) is 2.42. The van der Waals surface area contributed by atoms with Gasteiger partial charge in [-0.3, -0.25) is 9.69 Å². The Morgan fingerprint density at radius 1 is 1.15 bits per heavy atom. The normalized spacial score (nSPS) is 10.7. The number of rotatable bonds is 6. The maximum Gasteiger partial charge on any atom is 0.260 e. The van der Waals surface area contributed by atoms with E-state index in [1.807, 2.05) is 31.2 Å². The highest BCUT2D eigenvalue weighted by atomic mass is 32.1. The van der Waals surface area contributed by atoms with Crippen LogP contribution in [0.1, 0.15) is 35.7 Å². The van der Waals surface area contributed by atoms with Crippen LogP contribution in [0.25, 0.3) is 10.6 Å². The van der Waals surface area contributed by atoms with E-state index in [2.05, 4.69) is 17.1 Å². The molecule has 4 nitrogen and oxygen atoms in total. The summed E-state index contributed by atoms with van der Waals surface area (Å²) in [5.74, 6) is -0.686. The molecule has 3 aromatic rings. The van der Waals surface area contributed by atoms with Gasteiger partial charge < -0.3 is 0 Å². The van der Waals surface area contributed by atoms with Crippen molar-refractivity contribution in [2.75, 3.05) is 11.4 Å². The minimum Gasteiger partial charge on any atom is -0.283 e. The third kappa shape index (κ3) is 4.14. The van der Waals surface area contributed by atoms with Gasteiger partial charge in [0.1, 0.15) is 10.8 Å². The van der Waals surface area contributed by atoms with Crippen LogP contribution in [0.3, 0.4) is 0 Å². The Balaban J connectivity index is 1.92. The number of hydrogen-bond acceptors (Lipinski definition) is 4. The van der Waals surface area contributed by atoms with Gasteiger partial charge in [0.2, 0.25) is 5.13 Å². The van der Waals surface area contributed by atoms with E-state index in [0.29, 0.717) is 17.2 Å². The number of nitrogens with zero attached hydrogens (tertiary/aromatic N) is 3. The zero-order valence-corrected chi connectivity index (χ0v) is 15.6. The lowest BCUT2D eigenvalue weighted by Gasteiger charge is -2.19. The molecule has 0 aliphatic carbocycles. The second kappa shape index (κ2) is 8.19.